The van der Waals surface area contributed by atoms with Crippen molar-refractivity contribution >= 4 is 11.2 Å². The number of rotatable bonds is 2. The summed E-state index contributed by atoms with van der Waals surface area (Å²) in [7, 11) is 0. The van der Waals surface area contributed by atoms with Gasteiger partial charge in [-0.15, -0.1) is 0 Å². The van der Waals surface area contributed by atoms with Gasteiger partial charge in [0.15, 0.2) is 5.65 Å². The Labute approximate surface area is 113 Å². The summed E-state index contributed by atoms with van der Waals surface area (Å²) in [5, 5.41) is 3.71. The first-order valence-electron chi connectivity index (χ1n) is 7.33. The molecule has 1 N–H and O–H groups in total. The SMILES string of the molecule is CC(C)n1c(C2CC3CCC2N3)nc2cccnc21. The van der Waals surface area contributed by atoms with Crippen LogP contribution in [0.4, 0.5) is 0 Å². The molecule has 0 aliphatic carbocycles. The molecular weight excluding hydrogens is 236 g/mol. The monoisotopic (exact) mass is 256 g/mol. The van der Waals surface area contributed by atoms with E-state index in [9.17, 15) is 0 Å². The minimum absolute atomic E-state index is 0.411. The van der Waals surface area contributed by atoms with Gasteiger partial charge in [-0.25, -0.2) is 9.97 Å². The second-order valence-corrected chi connectivity index (χ2v) is 6.17. The topological polar surface area (TPSA) is 42.7 Å². The summed E-state index contributed by atoms with van der Waals surface area (Å²) >= 11 is 0. The molecular formula is C15H20N4. The Morgan fingerprint density at radius 2 is 2.26 bits per heavy atom. The molecule has 0 spiro atoms. The van der Waals surface area contributed by atoms with Crippen molar-refractivity contribution in [1.82, 2.24) is 19.9 Å². The van der Waals surface area contributed by atoms with Crippen LogP contribution in [0.2, 0.25) is 0 Å². The lowest BCUT2D eigenvalue weighted by Gasteiger charge is -2.22. The highest BCUT2D eigenvalue weighted by molar-refractivity contribution is 5.71. The average Bonchev–Trinajstić information content (AvgIpc) is 3.10. The number of hydrogen-bond donors (Lipinski definition) is 1. The predicted octanol–water partition coefficient (Wildman–Crippen LogP) is 2.62. The number of pyridine rings is 1. The Kier molecular flexibility index (Phi) is 2.42. The van der Waals surface area contributed by atoms with Gasteiger partial charge in [0.2, 0.25) is 0 Å². The second-order valence-electron chi connectivity index (χ2n) is 6.17. The first kappa shape index (κ1) is 11.4. The van der Waals surface area contributed by atoms with Crippen LogP contribution < -0.4 is 5.32 Å². The molecule has 100 valence electrons. The Morgan fingerprint density at radius 3 is 2.95 bits per heavy atom. The van der Waals surface area contributed by atoms with E-state index in [4.69, 9.17) is 4.98 Å². The lowest BCUT2D eigenvalue weighted by molar-refractivity contribution is 0.454. The van der Waals surface area contributed by atoms with Crippen molar-refractivity contribution in [2.24, 2.45) is 0 Å². The van der Waals surface area contributed by atoms with Crippen LogP contribution in [-0.2, 0) is 0 Å². The van der Waals surface area contributed by atoms with E-state index in [1.165, 1.54) is 25.1 Å². The quantitative estimate of drug-likeness (QED) is 0.898. The molecule has 0 aromatic carbocycles. The summed E-state index contributed by atoms with van der Waals surface area (Å²) in [5.41, 5.74) is 2.07. The van der Waals surface area contributed by atoms with Gasteiger partial charge in [0.1, 0.15) is 11.3 Å². The maximum Gasteiger partial charge on any atom is 0.160 e. The van der Waals surface area contributed by atoms with E-state index in [2.05, 4.69) is 34.8 Å². The molecule has 0 saturated carbocycles. The third-order valence-electron chi connectivity index (χ3n) is 4.62. The number of nitrogens with zero attached hydrogens (tertiary/aromatic N) is 3. The first-order chi connectivity index (χ1) is 9.24. The number of hydrogen-bond acceptors (Lipinski definition) is 3. The van der Waals surface area contributed by atoms with E-state index in [0.717, 1.165) is 11.2 Å². The zero-order chi connectivity index (χ0) is 13.0. The molecule has 2 aromatic rings. The lowest BCUT2D eigenvalue weighted by Crippen LogP contribution is -2.24. The molecule has 4 heteroatoms. The van der Waals surface area contributed by atoms with Gasteiger partial charge < -0.3 is 9.88 Å². The minimum Gasteiger partial charge on any atom is -0.310 e. The Balaban J connectivity index is 1.87. The van der Waals surface area contributed by atoms with Crippen LogP contribution >= 0.6 is 0 Å². The van der Waals surface area contributed by atoms with Crippen molar-refractivity contribution in [3.8, 4) is 0 Å². The molecule has 2 fully saturated rings. The highest BCUT2D eigenvalue weighted by atomic mass is 15.2. The molecule has 4 heterocycles. The molecule has 0 radical (unpaired) electrons. The van der Waals surface area contributed by atoms with Crippen LogP contribution in [0.3, 0.4) is 0 Å². The first-order valence-corrected chi connectivity index (χ1v) is 7.33. The maximum atomic E-state index is 4.90. The van der Waals surface area contributed by atoms with Crippen LogP contribution in [0.5, 0.6) is 0 Å². The van der Waals surface area contributed by atoms with Crippen molar-refractivity contribution in [3.63, 3.8) is 0 Å². The van der Waals surface area contributed by atoms with Crippen molar-refractivity contribution in [2.45, 2.75) is 57.2 Å². The molecule has 19 heavy (non-hydrogen) atoms. The summed E-state index contributed by atoms with van der Waals surface area (Å²) in [6, 6.07) is 5.80. The summed E-state index contributed by atoms with van der Waals surface area (Å²) < 4.78 is 2.34. The lowest BCUT2D eigenvalue weighted by atomic mass is 9.88. The normalized spacial score (nSPS) is 29.7. The molecule has 2 aliphatic rings. The summed E-state index contributed by atoms with van der Waals surface area (Å²) in [6.45, 7) is 4.44. The fraction of sp³-hybridized carbons (Fsp3) is 0.600. The van der Waals surface area contributed by atoms with E-state index in [-0.39, 0.29) is 0 Å². The highest BCUT2D eigenvalue weighted by Gasteiger charge is 2.42. The van der Waals surface area contributed by atoms with Gasteiger partial charge in [0.05, 0.1) is 0 Å². The van der Waals surface area contributed by atoms with Crippen LogP contribution in [0.25, 0.3) is 11.2 Å². The second kappa shape index (κ2) is 4.04. The maximum absolute atomic E-state index is 4.90. The molecule has 4 rings (SSSR count). The molecule has 0 amide bonds. The van der Waals surface area contributed by atoms with Gasteiger partial charge in [-0.3, -0.25) is 0 Å². The van der Waals surface area contributed by atoms with Gasteiger partial charge in [0.25, 0.3) is 0 Å². The molecule has 2 aliphatic heterocycles. The van der Waals surface area contributed by atoms with Crippen LogP contribution in [0.1, 0.15) is 50.9 Å². The molecule has 3 atom stereocenters. The van der Waals surface area contributed by atoms with Gasteiger partial charge >= 0.3 is 0 Å². The van der Waals surface area contributed by atoms with Crippen LogP contribution in [0.15, 0.2) is 18.3 Å². The molecule has 3 unspecified atom stereocenters. The van der Waals surface area contributed by atoms with Crippen LogP contribution in [0, 0.1) is 0 Å². The van der Waals surface area contributed by atoms with Gasteiger partial charge in [-0.05, 0) is 45.2 Å². The van der Waals surface area contributed by atoms with Crippen LogP contribution in [-0.4, -0.2) is 26.6 Å². The minimum atomic E-state index is 0.411. The molecule has 2 bridgehead atoms. The summed E-state index contributed by atoms with van der Waals surface area (Å²) in [5.74, 6) is 1.80. The molecule has 2 aromatic heterocycles. The fourth-order valence-corrected chi connectivity index (χ4v) is 3.83. The van der Waals surface area contributed by atoms with Crippen molar-refractivity contribution < 1.29 is 0 Å². The van der Waals surface area contributed by atoms with Crippen molar-refractivity contribution in [1.29, 1.82) is 0 Å². The van der Waals surface area contributed by atoms with Crippen molar-refractivity contribution in [3.05, 3.63) is 24.2 Å². The zero-order valence-electron chi connectivity index (χ0n) is 11.5. The number of aromatic nitrogens is 3. The Morgan fingerprint density at radius 1 is 1.37 bits per heavy atom. The highest BCUT2D eigenvalue weighted by Crippen LogP contribution is 2.40. The van der Waals surface area contributed by atoms with E-state index in [1.54, 1.807) is 0 Å². The number of imidazole rings is 1. The third-order valence-corrected chi connectivity index (χ3v) is 4.62. The number of fused-ring (bicyclic) bond motifs is 3. The standard InChI is InChI=1S/C15H20N4/c1-9(2)19-14(11-8-10-5-6-12(11)17-10)18-13-4-3-7-16-15(13)19/h3-4,7,9-12,17H,5-6,8H2,1-2H3. The summed E-state index contributed by atoms with van der Waals surface area (Å²) in [6.07, 6.45) is 5.73. The zero-order valence-corrected chi connectivity index (χ0v) is 11.5. The average molecular weight is 256 g/mol. The van der Waals surface area contributed by atoms with Gasteiger partial charge in [0, 0.05) is 30.2 Å². The number of nitrogens with one attached hydrogen (secondary N) is 1. The Hall–Kier alpha value is -1.42. The van der Waals surface area contributed by atoms with E-state index >= 15 is 0 Å². The van der Waals surface area contributed by atoms with E-state index in [0.29, 0.717) is 24.0 Å². The molecule has 2 saturated heterocycles. The van der Waals surface area contributed by atoms with Gasteiger partial charge in [-0.1, -0.05) is 0 Å². The third kappa shape index (κ3) is 1.62. The van der Waals surface area contributed by atoms with Crippen molar-refractivity contribution in [2.75, 3.05) is 0 Å². The predicted molar refractivity (Wildman–Crippen MR) is 75.2 cm³/mol. The Bertz CT molecular complexity index is 616. The van der Waals surface area contributed by atoms with E-state index in [1.807, 2.05) is 12.3 Å². The largest absolute Gasteiger partial charge is 0.310 e. The fourth-order valence-electron chi connectivity index (χ4n) is 3.83. The van der Waals surface area contributed by atoms with E-state index < -0.39 is 0 Å². The smallest absolute Gasteiger partial charge is 0.160 e. The van der Waals surface area contributed by atoms with Gasteiger partial charge in [-0.2, -0.15) is 0 Å². The summed E-state index contributed by atoms with van der Waals surface area (Å²) in [4.78, 5) is 9.43. The molecule has 4 nitrogen and oxygen atoms in total.